The molecule has 0 bridgehead atoms. The lowest BCUT2D eigenvalue weighted by Gasteiger charge is -2.23. The van der Waals surface area contributed by atoms with Crippen molar-refractivity contribution in [1.29, 1.82) is 0 Å². The maximum Gasteiger partial charge on any atom is 0.263 e. The van der Waals surface area contributed by atoms with Crippen molar-refractivity contribution in [2.24, 2.45) is 0 Å². The van der Waals surface area contributed by atoms with E-state index >= 15 is 0 Å². The molecule has 1 aliphatic heterocycles. The van der Waals surface area contributed by atoms with Crippen LogP contribution in [0, 0.1) is 0 Å². The van der Waals surface area contributed by atoms with Crippen LogP contribution in [0.15, 0.2) is 30.6 Å². The normalized spacial score (nSPS) is 17.0. The molecule has 0 spiro atoms. The average Bonchev–Trinajstić information content (AvgIpc) is 2.99. The molecule has 22 heavy (non-hydrogen) atoms. The number of rotatable bonds is 3. The Kier molecular flexibility index (Phi) is 7.75. The third kappa shape index (κ3) is 4.64. The van der Waals surface area contributed by atoms with Gasteiger partial charge in [0.25, 0.3) is 5.91 Å². The summed E-state index contributed by atoms with van der Waals surface area (Å²) in [6.07, 6.45) is 5.49. The highest BCUT2D eigenvalue weighted by molar-refractivity contribution is 7.16. The molecule has 2 N–H and O–H groups in total. The SMILES string of the molecule is Cl.Cl.O=C(NC1CCCNC1)c1cnc(-c2ccccn2)s1. The summed E-state index contributed by atoms with van der Waals surface area (Å²) in [6, 6.07) is 5.89. The van der Waals surface area contributed by atoms with Gasteiger partial charge < -0.3 is 10.6 Å². The molecule has 1 saturated heterocycles. The summed E-state index contributed by atoms with van der Waals surface area (Å²) in [5.74, 6) is -0.0432. The number of carbonyl (C=O) groups is 1. The minimum absolute atomic E-state index is 0. The van der Waals surface area contributed by atoms with Crippen molar-refractivity contribution >= 4 is 42.1 Å². The molecule has 1 unspecified atom stereocenters. The second kappa shape index (κ2) is 9.05. The predicted molar refractivity (Wildman–Crippen MR) is 93.2 cm³/mol. The maximum absolute atomic E-state index is 12.2. The number of amides is 1. The van der Waals surface area contributed by atoms with Gasteiger partial charge in [-0.15, -0.1) is 36.2 Å². The lowest BCUT2D eigenvalue weighted by atomic mass is 10.1. The Morgan fingerprint density at radius 1 is 1.32 bits per heavy atom. The van der Waals surface area contributed by atoms with Crippen molar-refractivity contribution in [1.82, 2.24) is 20.6 Å². The number of hydrogen-bond donors (Lipinski definition) is 2. The van der Waals surface area contributed by atoms with E-state index in [1.165, 1.54) is 11.3 Å². The summed E-state index contributed by atoms with van der Waals surface area (Å²) in [6.45, 7) is 1.88. The zero-order chi connectivity index (χ0) is 13.8. The van der Waals surface area contributed by atoms with Crippen LogP contribution in [-0.2, 0) is 0 Å². The Hall–Kier alpha value is -1.21. The highest BCUT2D eigenvalue weighted by Crippen LogP contribution is 2.23. The van der Waals surface area contributed by atoms with Gasteiger partial charge in [-0.1, -0.05) is 6.07 Å². The topological polar surface area (TPSA) is 66.9 Å². The highest BCUT2D eigenvalue weighted by Gasteiger charge is 2.18. The second-order valence-electron chi connectivity index (χ2n) is 4.76. The zero-order valence-corrected chi connectivity index (χ0v) is 14.3. The number of carbonyl (C=O) groups excluding carboxylic acids is 1. The molecule has 0 radical (unpaired) electrons. The minimum atomic E-state index is -0.0432. The van der Waals surface area contributed by atoms with Crippen LogP contribution in [-0.4, -0.2) is 35.0 Å². The van der Waals surface area contributed by atoms with E-state index in [-0.39, 0.29) is 36.8 Å². The van der Waals surface area contributed by atoms with E-state index in [1.54, 1.807) is 12.4 Å². The molecule has 1 amide bonds. The van der Waals surface area contributed by atoms with E-state index in [0.717, 1.165) is 36.6 Å². The van der Waals surface area contributed by atoms with E-state index in [0.29, 0.717) is 4.88 Å². The standard InChI is InChI=1S/C14H16N4OS.2ClH/c19-13(18-10-4-3-6-15-8-10)12-9-17-14(20-12)11-5-1-2-7-16-11;;/h1-2,5,7,9-10,15H,3-4,6,8H2,(H,18,19);2*1H. The molecule has 0 aromatic carbocycles. The molecule has 2 aromatic rings. The number of nitrogens with zero attached hydrogens (tertiary/aromatic N) is 2. The van der Waals surface area contributed by atoms with Crippen LogP contribution in [0.25, 0.3) is 10.7 Å². The van der Waals surface area contributed by atoms with Gasteiger partial charge in [0.2, 0.25) is 0 Å². The first-order valence-electron chi connectivity index (χ1n) is 6.72. The molecule has 3 heterocycles. The smallest absolute Gasteiger partial charge is 0.263 e. The Balaban J connectivity index is 0.00000121. The molecule has 1 fully saturated rings. The number of piperidine rings is 1. The number of hydrogen-bond acceptors (Lipinski definition) is 5. The quantitative estimate of drug-likeness (QED) is 0.882. The number of halogens is 2. The van der Waals surface area contributed by atoms with Gasteiger partial charge in [-0.3, -0.25) is 9.78 Å². The molecule has 3 rings (SSSR count). The third-order valence-electron chi connectivity index (χ3n) is 3.25. The number of pyridine rings is 1. The van der Waals surface area contributed by atoms with E-state index in [9.17, 15) is 4.79 Å². The predicted octanol–water partition coefficient (Wildman–Crippen LogP) is 2.53. The van der Waals surface area contributed by atoms with Crippen molar-refractivity contribution in [3.05, 3.63) is 35.5 Å². The van der Waals surface area contributed by atoms with Crippen molar-refractivity contribution in [3.8, 4) is 10.7 Å². The summed E-state index contributed by atoms with van der Waals surface area (Å²) in [4.78, 5) is 21.3. The Morgan fingerprint density at radius 2 is 2.18 bits per heavy atom. The molecule has 120 valence electrons. The molecule has 0 aliphatic carbocycles. The summed E-state index contributed by atoms with van der Waals surface area (Å²) < 4.78 is 0. The van der Waals surface area contributed by atoms with Crippen molar-refractivity contribution in [3.63, 3.8) is 0 Å². The lowest BCUT2D eigenvalue weighted by Crippen LogP contribution is -2.45. The molecule has 1 atom stereocenters. The maximum atomic E-state index is 12.2. The van der Waals surface area contributed by atoms with Crippen LogP contribution in [0.4, 0.5) is 0 Å². The van der Waals surface area contributed by atoms with Crippen molar-refractivity contribution < 1.29 is 4.79 Å². The molecule has 5 nitrogen and oxygen atoms in total. The van der Waals surface area contributed by atoms with Crippen LogP contribution >= 0.6 is 36.2 Å². The fourth-order valence-corrected chi connectivity index (χ4v) is 3.01. The van der Waals surface area contributed by atoms with Gasteiger partial charge in [-0.2, -0.15) is 0 Å². The average molecular weight is 361 g/mol. The van der Waals surface area contributed by atoms with Crippen molar-refractivity contribution in [2.45, 2.75) is 18.9 Å². The van der Waals surface area contributed by atoms with Crippen LogP contribution in [0.5, 0.6) is 0 Å². The second-order valence-corrected chi connectivity index (χ2v) is 5.79. The van der Waals surface area contributed by atoms with Crippen LogP contribution in [0.1, 0.15) is 22.5 Å². The number of nitrogens with one attached hydrogen (secondary N) is 2. The van der Waals surface area contributed by atoms with Crippen LogP contribution < -0.4 is 10.6 Å². The van der Waals surface area contributed by atoms with E-state index in [2.05, 4.69) is 20.6 Å². The fraction of sp³-hybridized carbons (Fsp3) is 0.357. The van der Waals surface area contributed by atoms with Crippen LogP contribution in [0.2, 0.25) is 0 Å². The molecule has 8 heteroatoms. The third-order valence-corrected chi connectivity index (χ3v) is 4.26. The molecule has 2 aromatic heterocycles. The summed E-state index contributed by atoms with van der Waals surface area (Å²) in [5, 5.41) is 7.11. The summed E-state index contributed by atoms with van der Waals surface area (Å²) in [5.41, 5.74) is 0.802. The number of thiazole rings is 1. The minimum Gasteiger partial charge on any atom is -0.347 e. The van der Waals surface area contributed by atoms with Gasteiger partial charge >= 0.3 is 0 Å². The molecule has 1 aliphatic rings. The Bertz CT molecular complexity index is 588. The van der Waals surface area contributed by atoms with Gasteiger partial charge in [-0.25, -0.2) is 4.98 Å². The van der Waals surface area contributed by atoms with Gasteiger partial charge in [0.05, 0.1) is 11.9 Å². The van der Waals surface area contributed by atoms with Gasteiger partial charge in [-0.05, 0) is 31.5 Å². The van der Waals surface area contributed by atoms with Gasteiger partial charge in [0.15, 0.2) is 0 Å². The fourth-order valence-electron chi connectivity index (χ4n) is 2.22. The zero-order valence-electron chi connectivity index (χ0n) is 11.8. The molecule has 0 saturated carbocycles. The van der Waals surface area contributed by atoms with Gasteiger partial charge in [0.1, 0.15) is 9.88 Å². The number of aromatic nitrogens is 2. The monoisotopic (exact) mass is 360 g/mol. The molecular weight excluding hydrogens is 343 g/mol. The van der Waals surface area contributed by atoms with E-state index < -0.39 is 0 Å². The van der Waals surface area contributed by atoms with Crippen molar-refractivity contribution in [2.75, 3.05) is 13.1 Å². The highest BCUT2D eigenvalue weighted by atomic mass is 35.5. The lowest BCUT2D eigenvalue weighted by molar-refractivity contribution is 0.0934. The first-order valence-corrected chi connectivity index (χ1v) is 7.53. The molecular formula is C14H18Cl2N4OS. The summed E-state index contributed by atoms with van der Waals surface area (Å²) >= 11 is 1.38. The largest absolute Gasteiger partial charge is 0.347 e. The van der Waals surface area contributed by atoms with Crippen LogP contribution in [0.3, 0.4) is 0 Å². The summed E-state index contributed by atoms with van der Waals surface area (Å²) in [7, 11) is 0. The van der Waals surface area contributed by atoms with E-state index in [1.807, 2.05) is 18.2 Å². The Labute approximate surface area is 145 Å². The first-order chi connectivity index (χ1) is 9.83. The van der Waals surface area contributed by atoms with E-state index in [4.69, 9.17) is 0 Å². The Morgan fingerprint density at radius 3 is 2.86 bits per heavy atom. The van der Waals surface area contributed by atoms with Gasteiger partial charge in [0, 0.05) is 18.8 Å². The first kappa shape index (κ1) is 18.8.